The second-order valence-electron chi connectivity index (χ2n) is 8.10. The molecule has 0 radical (unpaired) electrons. The van der Waals surface area contributed by atoms with Crippen LogP contribution in [0, 0.1) is 26.3 Å². The Morgan fingerprint density at radius 3 is 2.57 bits per heavy atom. The highest BCUT2D eigenvalue weighted by atomic mass is 16.3. The lowest BCUT2D eigenvalue weighted by Crippen LogP contribution is -2.35. The highest BCUT2D eigenvalue weighted by Gasteiger charge is 2.22. The van der Waals surface area contributed by atoms with E-state index in [1.165, 1.54) is 16.7 Å². The number of benzene rings is 2. The molecule has 0 atom stereocenters. The molecule has 3 aromatic rings. The van der Waals surface area contributed by atoms with Crippen LogP contribution in [0.4, 0.5) is 17.3 Å². The third-order valence-electron chi connectivity index (χ3n) is 6.08. The molecule has 2 aromatic carbocycles. The minimum atomic E-state index is 0.246. The summed E-state index contributed by atoms with van der Waals surface area (Å²) in [5, 5.41) is 23.8. The topological polar surface area (TPSA) is 65.6 Å². The number of piperidine rings is 1. The fourth-order valence-electron chi connectivity index (χ4n) is 3.99. The molecule has 1 aliphatic heterocycles. The Bertz CT molecular complexity index is 1100. The molecule has 1 fully saturated rings. The number of rotatable bonds is 5. The summed E-state index contributed by atoms with van der Waals surface area (Å²) in [7, 11) is 0. The van der Waals surface area contributed by atoms with Crippen molar-refractivity contribution in [3.05, 3.63) is 64.5 Å². The molecule has 1 saturated heterocycles. The molecule has 0 saturated carbocycles. The second kappa shape index (κ2) is 8.68. The summed E-state index contributed by atoms with van der Waals surface area (Å²) in [5.74, 6) is 1.92. The third kappa shape index (κ3) is 4.07. The van der Waals surface area contributed by atoms with Crippen molar-refractivity contribution < 1.29 is 5.11 Å². The lowest BCUT2D eigenvalue weighted by Gasteiger charge is -2.32. The van der Waals surface area contributed by atoms with Gasteiger partial charge in [-0.1, -0.05) is 30.3 Å². The highest BCUT2D eigenvalue weighted by molar-refractivity contribution is 6.00. The van der Waals surface area contributed by atoms with Gasteiger partial charge in [0, 0.05) is 37.0 Å². The summed E-state index contributed by atoms with van der Waals surface area (Å²) in [5.41, 5.74) is 4.32. The summed E-state index contributed by atoms with van der Waals surface area (Å²) in [4.78, 5) is 5.84. The van der Waals surface area contributed by atoms with Crippen LogP contribution in [0.3, 0.4) is 0 Å². The van der Waals surface area contributed by atoms with Gasteiger partial charge in [-0.25, -0.2) is 4.85 Å². The van der Waals surface area contributed by atoms with Gasteiger partial charge < -0.3 is 15.3 Å². The van der Waals surface area contributed by atoms with E-state index in [-0.39, 0.29) is 6.61 Å². The lowest BCUT2D eigenvalue weighted by molar-refractivity contribution is 0.203. The van der Waals surface area contributed by atoms with Crippen LogP contribution < -0.4 is 10.2 Å². The summed E-state index contributed by atoms with van der Waals surface area (Å²) in [6.45, 7) is 14.2. The Kier molecular flexibility index (Phi) is 5.82. The normalized spacial score (nSPS) is 14.7. The quantitative estimate of drug-likeness (QED) is 0.611. The van der Waals surface area contributed by atoms with Crippen LogP contribution in [-0.2, 0) is 6.54 Å². The van der Waals surface area contributed by atoms with Gasteiger partial charge in [0.05, 0.1) is 6.57 Å². The number of nitrogens with zero attached hydrogens (tertiary/aromatic N) is 4. The van der Waals surface area contributed by atoms with Gasteiger partial charge >= 0.3 is 0 Å². The van der Waals surface area contributed by atoms with Gasteiger partial charge in [0.15, 0.2) is 17.3 Å². The summed E-state index contributed by atoms with van der Waals surface area (Å²) < 4.78 is 0. The Hall–Kier alpha value is -3.17. The van der Waals surface area contributed by atoms with Crippen molar-refractivity contribution in [1.82, 2.24) is 10.2 Å². The molecule has 1 aliphatic rings. The first-order valence-corrected chi connectivity index (χ1v) is 10.4. The minimum Gasteiger partial charge on any atom is -0.396 e. The predicted molar refractivity (Wildman–Crippen MR) is 121 cm³/mol. The minimum absolute atomic E-state index is 0.246. The van der Waals surface area contributed by atoms with Gasteiger partial charge in [0.25, 0.3) is 0 Å². The van der Waals surface area contributed by atoms with Crippen LogP contribution in [0.15, 0.2) is 36.4 Å². The van der Waals surface area contributed by atoms with Crippen LogP contribution in [0.25, 0.3) is 15.6 Å². The first-order chi connectivity index (χ1) is 14.6. The number of aryl methyl sites for hydroxylation is 2. The van der Waals surface area contributed by atoms with Crippen molar-refractivity contribution in [2.24, 2.45) is 5.92 Å². The number of anilines is 2. The first kappa shape index (κ1) is 20.1. The number of aromatic nitrogens is 2. The van der Waals surface area contributed by atoms with Crippen molar-refractivity contribution in [2.45, 2.75) is 33.2 Å². The van der Waals surface area contributed by atoms with Gasteiger partial charge in [0.1, 0.15) is 0 Å². The molecule has 154 valence electrons. The van der Waals surface area contributed by atoms with Gasteiger partial charge in [-0.15, -0.1) is 10.2 Å². The number of hydrogen-bond acceptors (Lipinski definition) is 5. The standard InChI is InChI=1S/C24H27N5O/c1-16-4-5-19(12-17(16)2)14-26-23-22-13-20(25-3)6-7-21(22)24(28-27-23)29-10-8-18(15-30)9-11-29/h4-7,12-13,18,30H,8-11,14-15H2,1-2H3,(H,26,27). The molecule has 1 aromatic heterocycles. The zero-order valence-corrected chi connectivity index (χ0v) is 17.5. The van der Waals surface area contributed by atoms with Gasteiger partial charge in [0.2, 0.25) is 0 Å². The maximum absolute atomic E-state index is 9.42. The molecule has 2 heterocycles. The second-order valence-corrected chi connectivity index (χ2v) is 8.10. The molecule has 0 amide bonds. The van der Waals surface area contributed by atoms with Crippen molar-refractivity contribution >= 4 is 28.1 Å². The van der Waals surface area contributed by atoms with Crippen molar-refractivity contribution in [3.8, 4) is 0 Å². The van der Waals surface area contributed by atoms with Gasteiger partial charge in [-0.3, -0.25) is 0 Å². The van der Waals surface area contributed by atoms with Gasteiger partial charge in [-0.05, 0) is 55.4 Å². The van der Waals surface area contributed by atoms with Crippen LogP contribution in [0.5, 0.6) is 0 Å². The van der Waals surface area contributed by atoms with E-state index in [9.17, 15) is 5.11 Å². The maximum Gasteiger partial charge on any atom is 0.188 e. The van der Waals surface area contributed by atoms with E-state index in [2.05, 4.69) is 57.3 Å². The molecule has 0 bridgehead atoms. The van der Waals surface area contributed by atoms with Crippen molar-refractivity contribution in [3.63, 3.8) is 0 Å². The zero-order chi connectivity index (χ0) is 21.1. The van der Waals surface area contributed by atoms with Crippen LogP contribution in [0.1, 0.15) is 29.5 Å². The van der Waals surface area contributed by atoms with Crippen molar-refractivity contribution in [1.29, 1.82) is 0 Å². The molecule has 0 unspecified atom stereocenters. The van der Waals surface area contributed by atoms with Crippen LogP contribution >= 0.6 is 0 Å². The number of aliphatic hydroxyl groups is 1. The van der Waals surface area contributed by atoms with Crippen molar-refractivity contribution in [2.75, 3.05) is 29.9 Å². The monoisotopic (exact) mass is 401 g/mol. The average Bonchev–Trinajstić information content (AvgIpc) is 2.79. The molecule has 0 aliphatic carbocycles. The number of nitrogens with one attached hydrogen (secondary N) is 1. The Balaban J connectivity index is 1.65. The molecule has 6 heteroatoms. The fourth-order valence-corrected chi connectivity index (χ4v) is 3.99. The SMILES string of the molecule is [C-]#[N+]c1ccc2c(N3CCC(CO)CC3)nnc(NCc3ccc(C)c(C)c3)c2c1. The Labute approximate surface area is 177 Å². The number of fused-ring (bicyclic) bond motifs is 1. The molecular formula is C24H27N5O. The molecule has 0 spiro atoms. The smallest absolute Gasteiger partial charge is 0.188 e. The third-order valence-corrected chi connectivity index (χ3v) is 6.08. The average molecular weight is 402 g/mol. The van der Waals surface area contributed by atoms with E-state index in [1.54, 1.807) is 0 Å². The van der Waals surface area contributed by atoms with Gasteiger partial charge in [-0.2, -0.15) is 0 Å². The summed E-state index contributed by atoms with van der Waals surface area (Å²) >= 11 is 0. The molecule has 4 rings (SSSR count). The Morgan fingerprint density at radius 2 is 1.87 bits per heavy atom. The van der Waals surface area contributed by atoms with E-state index < -0.39 is 0 Å². The molecule has 2 N–H and O–H groups in total. The number of aliphatic hydroxyl groups excluding tert-OH is 1. The molecule has 6 nitrogen and oxygen atoms in total. The predicted octanol–water partition coefficient (Wildman–Crippen LogP) is 4.62. The zero-order valence-electron chi connectivity index (χ0n) is 17.5. The largest absolute Gasteiger partial charge is 0.396 e. The summed E-state index contributed by atoms with van der Waals surface area (Å²) in [6, 6.07) is 12.1. The van der Waals surface area contributed by atoms with E-state index in [0.717, 1.165) is 42.5 Å². The first-order valence-electron chi connectivity index (χ1n) is 10.4. The van der Waals surface area contributed by atoms with Crippen LogP contribution in [-0.4, -0.2) is 35.0 Å². The lowest BCUT2D eigenvalue weighted by atomic mass is 9.97. The molecular weight excluding hydrogens is 374 g/mol. The molecule has 30 heavy (non-hydrogen) atoms. The van der Waals surface area contributed by atoms with E-state index in [0.29, 0.717) is 24.0 Å². The van der Waals surface area contributed by atoms with Crippen LogP contribution in [0.2, 0.25) is 0 Å². The fraction of sp³-hybridized carbons (Fsp3) is 0.375. The van der Waals surface area contributed by atoms with E-state index in [4.69, 9.17) is 6.57 Å². The Morgan fingerprint density at radius 1 is 1.07 bits per heavy atom. The number of hydrogen-bond donors (Lipinski definition) is 2. The van der Waals surface area contributed by atoms with E-state index >= 15 is 0 Å². The summed E-state index contributed by atoms with van der Waals surface area (Å²) in [6.07, 6.45) is 1.90. The maximum atomic E-state index is 9.42. The van der Waals surface area contributed by atoms with E-state index in [1.807, 2.05) is 18.2 Å². The highest BCUT2D eigenvalue weighted by Crippen LogP contribution is 2.33.